The minimum absolute atomic E-state index is 0.976. The minimum Gasteiger partial charge on any atom is -0.326 e. The molecule has 1 aliphatic rings. The molecule has 3 heteroatoms. The van der Waals surface area contributed by atoms with E-state index in [0.717, 1.165) is 26.2 Å². The van der Waals surface area contributed by atoms with Crippen LogP contribution in [0, 0.1) is 0 Å². The fraction of sp³-hybridized carbons (Fsp3) is 0.357. The van der Waals surface area contributed by atoms with E-state index in [1.165, 1.54) is 17.1 Å². The molecule has 0 bridgehead atoms. The third-order valence-electron chi connectivity index (χ3n) is 3.46. The third kappa shape index (κ3) is 1.87. The van der Waals surface area contributed by atoms with Gasteiger partial charge >= 0.3 is 0 Å². The summed E-state index contributed by atoms with van der Waals surface area (Å²) in [4.78, 5) is 6.98. The normalized spacial score (nSPS) is 15.8. The van der Waals surface area contributed by atoms with Gasteiger partial charge in [-0.05, 0) is 12.1 Å². The van der Waals surface area contributed by atoms with Crippen LogP contribution in [0.3, 0.4) is 0 Å². The molecule has 0 atom stereocenters. The van der Waals surface area contributed by atoms with Gasteiger partial charge in [-0.2, -0.15) is 0 Å². The van der Waals surface area contributed by atoms with Gasteiger partial charge in [-0.1, -0.05) is 37.3 Å². The molecule has 1 aromatic heterocycles. The van der Waals surface area contributed by atoms with E-state index in [2.05, 4.69) is 51.7 Å². The molecule has 17 heavy (non-hydrogen) atoms. The van der Waals surface area contributed by atoms with Gasteiger partial charge in [0.1, 0.15) is 5.82 Å². The molecule has 0 spiro atoms. The quantitative estimate of drug-likeness (QED) is 0.785. The van der Waals surface area contributed by atoms with Gasteiger partial charge in [0.05, 0.1) is 18.4 Å². The number of fused-ring (bicyclic) bond motifs is 1. The number of imidazole rings is 1. The number of hydrogen-bond donors (Lipinski definition) is 0. The van der Waals surface area contributed by atoms with Crippen molar-refractivity contribution >= 4 is 0 Å². The van der Waals surface area contributed by atoms with E-state index in [9.17, 15) is 0 Å². The molecule has 3 nitrogen and oxygen atoms in total. The molecule has 0 saturated heterocycles. The summed E-state index contributed by atoms with van der Waals surface area (Å²) in [5, 5.41) is 0. The lowest BCUT2D eigenvalue weighted by Gasteiger charge is -2.27. The lowest BCUT2D eigenvalue weighted by Crippen LogP contribution is -2.33. The first kappa shape index (κ1) is 10.5. The van der Waals surface area contributed by atoms with Gasteiger partial charge in [0.15, 0.2) is 0 Å². The number of rotatable bonds is 2. The number of nitrogens with zero attached hydrogens (tertiary/aromatic N) is 3. The number of likely N-dealkylation sites (N-methyl/N-ethyl adjacent to an activating group) is 1. The molecule has 0 N–H and O–H groups in total. The Balaban J connectivity index is 1.97. The van der Waals surface area contributed by atoms with Crippen LogP contribution in [0.2, 0.25) is 0 Å². The van der Waals surface area contributed by atoms with E-state index >= 15 is 0 Å². The lowest BCUT2D eigenvalue weighted by atomic mass is 10.1. The molecule has 1 aliphatic heterocycles. The van der Waals surface area contributed by atoms with Crippen molar-refractivity contribution in [2.75, 3.05) is 13.1 Å². The number of benzene rings is 1. The molecule has 0 amide bonds. The third-order valence-corrected chi connectivity index (χ3v) is 3.46. The predicted molar refractivity (Wildman–Crippen MR) is 68.6 cm³/mol. The molecule has 3 rings (SSSR count). The highest BCUT2D eigenvalue weighted by Gasteiger charge is 2.18. The molecule has 88 valence electrons. The van der Waals surface area contributed by atoms with E-state index in [1.54, 1.807) is 0 Å². The van der Waals surface area contributed by atoms with Crippen molar-refractivity contribution in [3.63, 3.8) is 0 Å². The maximum Gasteiger partial charge on any atom is 0.123 e. The molecule has 0 unspecified atom stereocenters. The highest BCUT2D eigenvalue weighted by molar-refractivity contribution is 5.59. The van der Waals surface area contributed by atoms with Gasteiger partial charge in [-0.3, -0.25) is 4.90 Å². The zero-order valence-corrected chi connectivity index (χ0v) is 10.1. The molecule has 0 fully saturated rings. The van der Waals surface area contributed by atoms with Crippen LogP contribution in [0.4, 0.5) is 0 Å². The molecular weight excluding hydrogens is 210 g/mol. The molecule has 2 heterocycles. The van der Waals surface area contributed by atoms with Crippen molar-refractivity contribution in [2.45, 2.75) is 20.0 Å². The summed E-state index contributed by atoms with van der Waals surface area (Å²) >= 11 is 0. The monoisotopic (exact) mass is 227 g/mol. The smallest absolute Gasteiger partial charge is 0.123 e. The van der Waals surface area contributed by atoms with Crippen molar-refractivity contribution in [2.24, 2.45) is 0 Å². The maximum atomic E-state index is 4.55. The molecule has 0 radical (unpaired) electrons. The summed E-state index contributed by atoms with van der Waals surface area (Å²) < 4.78 is 2.35. The fourth-order valence-electron chi connectivity index (χ4n) is 2.42. The van der Waals surface area contributed by atoms with Crippen LogP contribution >= 0.6 is 0 Å². The first-order chi connectivity index (χ1) is 8.38. The van der Waals surface area contributed by atoms with E-state index < -0.39 is 0 Å². The Hall–Kier alpha value is -1.61. The van der Waals surface area contributed by atoms with E-state index in [0.29, 0.717) is 0 Å². The van der Waals surface area contributed by atoms with Gasteiger partial charge < -0.3 is 4.57 Å². The Kier molecular flexibility index (Phi) is 2.69. The average molecular weight is 227 g/mol. The summed E-state index contributed by atoms with van der Waals surface area (Å²) in [5.41, 5.74) is 2.51. The molecule has 1 aromatic carbocycles. The Morgan fingerprint density at radius 2 is 2.00 bits per heavy atom. The number of hydrogen-bond acceptors (Lipinski definition) is 2. The zero-order valence-electron chi connectivity index (χ0n) is 10.1. The minimum atomic E-state index is 0.976. The van der Waals surface area contributed by atoms with Crippen LogP contribution in [0.5, 0.6) is 0 Å². The van der Waals surface area contributed by atoms with Gasteiger partial charge in [0.2, 0.25) is 0 Å². The topological polar surface area (TPSA) is 21.1 Å². The van der Waals surface area contributed by atoms with Crippen molar-refractivity contribution in [3.05, 3.63) is 42.4 Å². The van der Waals surface area contributed by atoms with E-state index in [1.807, 2.05) is 6.20 Å². The van der Waals surface area contributed by atoms with Crippen LogP contribution in [0.1, 0.15) is 12.7 Å². The maximum absolute atomic E-state index is 4.55. The first-order valence-electron chi connectivity index (χ1n) is 6.20. The SMILES string of the molecule is CCN1CCn2c(-c3ccccc3)cnc2C1. The average Bonchev–Trinajstić information content (AvgIpc) is 2.82. The van der Waals surface area contributed by atoms with Gasteiger partial charge in [-0.25, -0.2) is 4.98 Å². The Morgan fingerprint density at radius 1 is 1.18 bits per heavy atom. The largest absolute Gasteiger partial charge is 0.326 e. The second-order valence-corrected chi connectivity index (χ2v) is 4.45. The van der Waals surface area contributed by atoms with Gasteiger partial charge in [-0.15, -0.1) is 0 Å². The molecule has 2 aromatic rings. The standard InChI is InChI=1S/C14H17N3/c1-2-16-8-9-17-13(10-15-14(17)11-16)12-6-4-3-5-7-12/h3-7,10H,2,8-9,11H2,1H3. The summed E-state index contributed by atoms with van der Waals surface area (Å²) in [6, 6.07) is 10.5. The highest BCUT2D eigenvalue weighted by Crippen LogP contribution is 2.23. The predicted octanol–water partition coefficient (Wildman–Crippen LogP) is 2.39. The Morgan fingerprint density at radius 3 is 2.76 bits per heavy atom. The number of aromatic nitrogens is 2. The summed E-state index contributed by atoms with van der Waals surface area (Å²) in [5.74, 6) is 1.19. The van der Waals surface area contributed by atoms with Crippen molar-refractivity contribution in [3.8, 4) is 11.3 Å². The van der Waals surface area contributed by atoms with Crippen LogP contribution in [0.25, 0.3) is 11.3 Å². The van der Waals surface area contributed by atoms with Crippen molar-refractivity contribution < 1.29 is 0 Å². The fourth-order valence-corrected chi connectivity index (χ4v) is 2.42. The second-order valence-electron chi connectivity index (χ2n) is 4.45. The highest BCUT2D eigenvalue weighted by atomic mass is 15.2. The Labute approximate surface area is 102 Å². The van der Waals surface area contributed by atoms with Gasteiger partial charge in [0.25, 0.3) is 0 Å². The molecule has 0 saturated carbocycles. The summed E-state index contributed by atoms with van der Waals surface area (Å²) in [6.07, 6.45) is 2.00. The van der Waals surface area contributed by atoms with Crippen LogP contribution in [-0.2, 0) is 13.1 Å². The Bertz CT molecular complexity index is 501. The van der Waals surface area contributed by atoms with Crippen LogP contribution in [0.15, 0.2) is 36.5 Å². The van der Waals surface area contributed by atoms with Gasteiger partial charge in [0, 0.05) is 13.1 Å². The van der Waals surface area contributed by atoms with E-state index in [-0.39, 0.29) is 0 Å². The first-order valence-corrected chi connectivity index (χ1v) is 6.20. The summed E-state index contributed by atoms with van der Waals surface area (Å²) in [6.45, 7) is 6.46. The van der Waals surface area contributed by atoms with E-state index in [4.69, 9.17) is 0 Å². The van der Waals surface area contributed by atoms with Crippen molar-refractivity contribution in [1.82, 2.24) is 14.5 Å². The molecule has 0 aliphatic carbocycles. The molecular formula is C14H17N3. The summed E-state index contributed by atoms with van der Waals surface area (Å²) in [7, 11) is 0. The van der Waals surface area contributed by atoms with Crippen LogP contribution in [-0.4, -0.2) is 27.5 Å². The second kappa shape index (κ2) is 4.34. The van der Waals surface area contributed by atoms with Crippen LogP contribution < -0.4 is 0 Å². The zero-order chi connectivity index (χ0) is 11.7. The van der Waals surface area contributed by atoms with Crippen molar-refractivity contribution in [1.29, 1.82) is 0 Å². The lowest BCUT2D eigenvalue weighted by molar-refractivity contribution is 0.229.